The first-order chi connectivity index (χ1) is 8.66. The highest BCUT2D eigenvalue weighted by Crippen LogP contribution is 2.35. The zero-order valence-corrected chi connectivity index (χ0v) is 11.3. The maximum atomic E-state index is 9.84. The molecule has 1 aliphatic heterocycles. The van der Waals surface area contributed by atoms with Crippen molar-refractivity contribution >= 4 is 0 Å². The molecule has 2 heterocycles. The molecule has 1 aliphatic rings. The second-order valence-electron chi connectivity index (χ2n) is 5.75. The van der Waals surface area contributed by atoms with Crippen molar-refractivity contribution in [2.24, 2.45) is 5.92 Å². The molecule has 0 aromatic carbocycles. The second-order valence-corrected chi connectivity index (χ2v) is 5.75. The molecule has 4 heteroatoms. The van der Waals surface area contributed by atoms with Crippen LogP contribution in [0.1, 0.15) is 38.7 Å². The fourth-order valence-corrected chi connectivity index (χ4v) is 3.11. The first-order valence-electron chi connectivity index (χ1n) is 6.76. The molecule has 1 aromatic heterocycles. The van der Waals surface area contributed by atoms with Crippen molar-refractivity contribution in [3.05, 3.63) is 24.3 Å². The van der Waals surface area contributed by atoms with Gasteiger partial charge in [0.25, 0.3) is 0 Å². The van der Waals surface area contributed by atoms with E-state index in [1.54, 1.807) is 6.33 Å². The van der Waals surface area contributed by atoms with Crippen molar-refractivity contribution < 1.29 is 5.11 Å². The minimum Gasteiger partial charge on any atom is -0.394 e. The van der Waals surface area contributed by atoms with Gasteiger partial charge in [-0.05, 0) is 31.7 Å². The topological polar surface area (TPSA) is 49.2 Å². The molecule has 1 atom stereocenters. The van der Waals surface area contributed by atoms with Gasteiger partial charge in [0.1, 0.15) is 6.33 Å². The van der Waals surface area contributed by atoms with Crippen LogP contribution in [-0.2, 0) is 6.54 Å². The van der Waals surface area contributed by atoms with E-state index in [1.165, 1.54) is 6.42 Å². The Balaban J connectivity index is 2.10. The van der Waals surface area contributed by atoms with Crippen LogP contribution in [-0.4, -0.2) is 38.7 Å². The highest BCUT2D eigenvalue weighted by molar-refractivity contribution is 5.06. The summed E-state index contributed by atoms with van der Waals surface area (Å²) < 4.78 is 0. The Labute approximate surface area is 109 Å². The minimum absolute atomic E-state index is 0.0377. The molecule has 1 fully saturated rings. The molecule has 1 unspecified atom stereocenters. The largest absolute Gasteiger partial charge is 0.394 e. The van der Waals surface area contributed by atoms with Crippen molar-refractivity contribution in [2.75, 3.05) is 13.2 Å². The fraction of sp³-hybridized carbons (Fsp3) is 0.714. The molecule has 1 saturated heterocycles. The van der Waals surface area contributed by atoms with Crippen LogP contribution in [0.25, 0.3) is 0 Å². The number of aliphatic hydroxyl groups is 1. The van der Waals surface area contributed by atoms with Crippen LogP contribution in [0.3, 0.4) is 0 Å². The molecule has 4 nitrogen and oxygen atoms in total. The van der Waals surface area contributed by atoms with E-state index in [9.17, 15) is 5.11 Å². The van der Waals surface area contributed by atoms with Gasteiger partial charge in [-0.25, -0.2) is 9.97 Å². The van der Waals surface area contributed by atoms with Crippen molar-refractivity contribution in [1.82, 2.24) is 14.9 Å². The first kappa shape index (κ1) is 13.4. The Kier molecular flexibility index (Phi) is 4.30. The van der Waals surface area contributed by atoms with Gasteiger partial charge >= 0.3 is 0 Å². The summed E-state index contributed by atoms with van der Waals surface area (Å²) in [6.07, 6.45) is 8.60. The van der Waals surface area contributed by atoms with Gasteiger partial charge in [-0.15, -0.1) is 0 Å². The number of aromatic nitrogens is 2. The minimum atomic E-state index is -0.0377. The molecule has 18 heavy (non-hydrogen) atoms. The highest BCUT2D eigenvalue weighted by Gasteiger charge is 2.40. The van der Waals surface area contributed by atoms with Gasteiger partial charge in [0.05, 0.1) is 6.61 Å². The molecular weight excluding hydrogens is 226 g/mol. The Morgan fingerprint density at radius 2 is 2.11 bits per heavy atom. The van der Waals surface area contributed by atoms with E-state index in [4.69, 9.17) is 0 Å². The first-order valence-corrected chi connectivity index (χ1v) is 6.76. The highest BCUT2D eigenvalue weighted by atomic mass is 16.3. The molecule has 0 spiro atoms. The van der Waals surface area contributed by atoms with Crippen molar-refractivity contribution in [3.8, 4) is 0 Å². The van der Waals surface area contributed by atoms with Gasteiger partial charge in [-0.1, -0.05) is 13.8 Å². The summed E-state index contributed by atoms with van der Waals surface area (Å²) in [5, 5.41) is 9.84. The standard InChI is InChI=1S/C14H23N3O/c1-12(2)6-14(10-18)4-3-5-17(14)9-13-7-15-11-16-8-13/h7-8,11-12,18H,3-6,9-10H2,1-2H3. The van der Waals surface area contributed by atoms with Crippen LogP contribution >= 0.6 is 0 Å². The lowest BCUT2D eigenvalue weighted by Gasteiger charge is -2.38. The maximum absolute atomic E-state index is 9.84. The normalized spacial score (nSPS) is 24.9. The molecule has 0 aliphatic carbocycles. The summed E-state index contributed by atoms with van der Waals surface area (Å²) in [4.78, 5) is 10.5. The summed E-state index contributed by atoms with van der Waals surface area (Å²) in [6.45, 7) is 6.59. The lowest BCUT2D eigenvalue weighted by Crippen LogP contribution is -2.47. The molecule has 0 saturated carbocycles. The predicted molar refractivity (Wildman–Crippen MR) is 70.9 cm³/mol. The number of rotatable bonds is 5. The second kappa shape index (κ2) is 5.76. The molecule has 2 rings (SSSR count). The van der Waals surface area contributed by atoms with E-state index in [-0.39, 0.29) is 12.1 Å². The lowest BCUT2D eigenvalue weighted by atomic mass is 9.87. The predicted octanol–water partition coefficient (Wildman–Crippen LogP) is 1.85. The SMILES string of the molecule is CC(C)CC1(CO)CCCN1Cc1cncnc1. The number of aliphatic hydroxyl groups excluding tert-OH is 1. The third-order valence-electron chi connectivity index (χ3n) is 3.81. The van der Waals surface area contributed by atoms with Gasteiger partial charge in [0.2, 0.25) is 0 Å². The Hall–Kier alpha value is -1.00. The summed E-state index contributed by atoms with van der Waals surface area (Å²) >= 11 is 0. The van der Waals surface area contributed by atoms with Crippen molar-refractivity contribution in [2.45, 2.75) is 45.2 Å². The van der Waals surface area contributed by atoms with Gasteiger partial charge < -0.3 is 5.11 Å². The molecular formula is C14H23N3O. The van der Waals surface area contributed by atoms with E-state index in [0.717, 1.165) is 31.5 Å². The van der Waals surface area contributed by atoms with E-state index < -0.39 is 0 Å². The molecule has 0 bridgehead atoms. The zero-order chi connectivity index (χ0) is 13.0. The summed E-state index contributed by atoms with van der Waals surface area (Å²) in [5.74, 6) is 0.602. The van der Waals surface area contributed by atoms with Gasteiger partial charge in [0, 0.05) is 30.0 Å². The molecule has 1 N–H and O–H groups in total. The smallest absolute Gasteiger partial charge is 0.115 e. The monoisotopic (exact) mass is 249 g/mol. The average Bonchev–Trinajstić information content (AvgIpc) is 2.73. The van der Waals surface area contributed by atoms with E-state index in [1.807, 2.05) is 12.4 Å². The number of nitrogens with zero attached hydrogens (tertiary/aromatic N) is 3. The molecule has 100 valence electrons. The van der Waals surface area contributed by atoms with Crippen molar-refractivity contribution in [1.29, 1.82) is 0 Å². The number of hydrogen-bond donors (Lipinski definition) is 1. The Bertz CT molecular complexity index is 369. The summed E-state index contributed by atoms with van der Waals surface area (Å²) in [5.41, 5.74) is 1.09. The summed E-state index contributed by atoms with van der Waals surface area (Å²) in [6, 6.07) is 0. The third-order valence-corrected chi connectivity index (χ3v) is 3.81. The number of hydrogen-bond acceptors (Lipinski definition) is 4. The Morgan fingerprint density at radius 1 is 1.39 bits per heavy atom. The van der Waals surface area contributed by atoms with E-state index >= 15 is 0 Å². The number of likely N-dealkylation sites (tertiary alicyclic amines) is 1. The van der Waals surface area contributed by atoms with E-state index in [2.05, 4.69) is 28.7 Å². The van der Waals surface area contributed by atoms with Gasteiger partial charge in [-0.2, -0.15) is 0 Å². The van der Waals surface area contributed by atoms with E-state index in [0.29, 0.717) is 5.92 Å². The van der Waals surface area contributed by atoms with Crippen LogP contribution in [0.15, 0.2) is 18.7 Å². The lowest BCUT2D eigenvalue weighted by molar-refractivity contribution is 0.0408. The summed E-state index contributed by atoms with van der Waals surface area (Å²) in [7, 11) is 0. The van der Waals surface area contributed by atoms with Crippen LogP contribution in [0, 0.1) is 5.92 Å². The van der Waals surface area contributed by atoms with Gasteiger partial charge in [-0.3, -0.25) is 4.90 Å². The molecule has 0 radical (unpaired) electrons. The fourth-order valence-electron chi connectivity index (χ4n) is 3.11. The molecule has 1 aromatic rings. The van der Waals surface area contributed by atoms with Crippen LogP contribution in [0.2, 0.25) is 0 Å². The van der Waals surface area contributed by atoms with Gasteiger partial charge in [0.15, 0.2) is 0 Å². The van der Waals surface area contributed by atoms with Crippen LogP contribution < -0.4 is 0 Å². The van der Waals surface area contributed by atoms with Crippen molar-refractivity contribution in [3.63, 3.8) is 0 Å². The quantitative estimate of drug-likeness (QED) is 0.865. The van der Waals surface area contributed by atoms with Crippen LogP contribution in [0.4, 0.5) is 0 Å². The molecule has 0 amide bonds. The zero-order valence-electron chi connectivity index (χ0n) is 11.3. The van der Waals surface area contributed by atoms with Crippen LogP contribution in [0.5, 0.6) is 0 Å². The average molecular weight is 249 g/mol. The maximum Gasteiger partial charge on any atom is 0.115 e. The Morgan fingerprint density at radius 3 is 2.72 bits per heavy atom. The third kappa shape index (κ3) is 2.87.